The highest BCUT2D eigenvalue weighted by Crippen LogP contribution is 2.11. The number of Topliss-reactive ketones (excluding diaryl/α,β-unsaturated/α-hetero) is 1. The number of carbonyl (C=O) groups is 1. The third-order valence-corrected chi connectivity index (χ3v) is 3.41. The lowest BCUT2D eigenvalue weighted by Crippen LogP contribution is -2.36. The van der Waals surface area contributed by atoms with Gasteiger partial charge in [0.05, 0.1) is 11.0 Å². The molecule has 1 N–H and O–H groups in total. The molecule has 2 rings (SSSR count). The molecule has 0 saturated carbocycles. The third kappa shape index (κ3) is 3.87. The Labute approximate surface area is 106 Å². The van der Waals surface area contributed by atoms with E-state index in [4.69, 9.17) is 4.74 Å². The number of halogens is 1. The van der Waals surface area contributed by atoms with Gasteiger partial charge in [-0.25, -0.2) is 0 Å². The summed E-state index contributed by atoms with van der Waals surface area (Å²) in [5, 5.41) is 5.17. The Kier molecular flexibility index (Phi) is 5.98. The maximum atomic E-state index is 11.6. The number of ether oxygens (including phenoxy) is 1. The number of rotatable bonds is 4. The molecular formula is C11H16ClNO2S. The van der Waals surface area contributed by atoms with Gasteiger partial charge in [-0.1, -0.05) is 6.07 Å². The van der Waals surface area contributed by atoms with Crippen LogP contribution in [-0.2, 0) is 4.74 Å². The Balaban J connectivity index is 0.00000128. The number of thiophene rings is 1. The van der Waals surface area contributed by atoms with Gasteiger partial charge in [0.15, 0.2) is 5.78 Å². The Morgan fingerprint density at radius 2 is 2.50 bits per heavy atom. The molecule has 0 aromatic carbocycles. The maximum Gasteiger partial charge on any atom is 0.198 e. The quantitative estimate of drug-likeness (QED) is 0.844. The molecule has 90 valence electrons. The van der Waals surface area contributed by atoms with E-state index in [0.29, 0.717) is 0 Å². The molecule has 0 aliphatic carbocycles. The molecule has 5 heteroatoms. The minimum absolute atomic E-state index is 0. The van der Waals surface area contributed by atoms with Crippen molar-refractivity contribution in [1.29, 1.82) is 0 Å². The summed E-state index contributed by atoms with van der Waals surface area (Å²) in [4.78, 5) is 12.4. The van der Waals surface area contributed by atoms with E-state index in [2.05, 4.69) is 5.32 Å². The SMILES string of the molecule is Cl.O=C(COC1CCCNC1)c1cccs1. The first-order valence-corrected chi connectivity index (χ1v) is 6.13. The third-order valence-electron chi connectivity index (χ3n) is 2.50. The second-order valence-corrected chi connectivity index (χ2v) is 4.63. The summed E-state index contributed by atoms with van der Waals surface area (Å²) in [6, 6.07) is 3.73. The average Bonchev–Trinajstić information content (AvgIpc) is 2.81. The molecule has 1 unspecified atom stereocenters. The highest BCUT2D eigenvalue weighted by molar-refractivity contribution is 7.12. The number of carbonyl (C=O) groups excluding carboxylic acids is 1. The second-order valence-electron chi connectivity index (χ2n) is 3.68. The standard InChI is InChI=1S/C11H15NO2S.ClH/c13-10(11-4-2-6-15-11)8-14-9-3-1-5-12-7-9;/h2,4,6,9,12H,1,3,5,7-8H2;1H. The van der Waals surface area contributed by atoms with Crippen LogP contribution in [0.25, 0.3) is 0 Å². The zero-order chi connectivity index (χ0) is 10.5. The minimum Gasteiger partial charge on any atom is -0.369 e. The molecule has 1 aromatic rings. The molecular weight excluding hydrogens is 246 g/mol. The number of nitrogens with one attached hydrogen (secondary N) is 1. The lowest BCUT2D eigenvalue weighted by atomic mass is 10.1. The van der Waals surface area contributed by atoms with Gasteiger partial charge in [-0.2, -0.15) is 0 Å². The smallest absolute Gasteiger partial charge is 0.198 e. The maximum absolute atomic E-state index is 11.6. The predicted octanol–water partition coefficient (Wildman–Crippen LogP) is 2.12. The van der Waals surface area contributed by atoms with Crippen LogP contribution in [0.15, 0.2) is 17.5 Å². The lowest BCUT2D eigenvalue weighted by Gasteiger charge is -2.22. The molecule has 1 aromatic heterocycles. The van der Waals surface area contributed by atoms with E-state index in [1.807, 2.05) is 17.5 Å². The van der Waals surface area contributed by atoms with Crippen molar-refractivity contribution in [1.82, 2.24) is 5.32 Å². The topological polar surface area (TPSA) is 38.3 Å². The van der Waals surface area contributed by atoms with Crippen molar-refractivity contribution in [2.24, 2.45) is 0 Å². The van der Waals surface area contributed by atoms with Gasteiger partial charge in [-0.15, -0.1) is 23.7 Å². The zero-order valence-electron chi connectivity index (χ0n) is 8.98. The van der Waals surface area contributed by atoms with E-state index in [0.717, 1.165) is 30.8 Å². The lowest BCUT2D eigenvalue weighted by molar-refractivity contribution is 0.0350. The zero-order valence-corrected chi connectivity index (χ0v) is 10.6. The van der Waals surface area contributed by atoms with E-state index in [-0.39, 0.29) is 30.9 Å². The van der Waals surface area contributed by atoms with Crippen molar-refractivity contribution >= 4 is 29.5 Å². The van der Waals surface area contributed by atoms with E-state index < -0.39 is 0 Å². The number of piperidine rings is 1. The second kappa shape index (κ2) is 7.01. The van der Waals surface area contributed by atoms with Gasteiger partial charge in [0.25, 0.3) is 0 Å². The highest BCUT2D eigenvalue weighted by atomic mass is 35.5. The molecule has 1 saturated heterocycles. The van der Waals surface area contributed by atoms with Crippen LogP contribution < -0.4 is 5.32 Å². The van der Waals surface area contributed by atoms with Crippen molar-refractivity contribution < 1.29 is 9.53 Å². The Bertz CT molecular complexity index is 310. The first-order valence-electron chi connectivity index (χ1n) is 5.25. The molecule has 1 aliphatic rings. The van der Waals surface area contributed by atoms with Crippen LogP contribution >= 0.6 is 23.7 Å². The van der Waals surface area contributed by atoms with Crippen molar-refractivity contribution in [2.75, 3.05) is 19.7 Å². The van der Waals surface area contributed by atoms with Crippen molar-refractivity contribution in [2.45, 2.75) is 18.9 Å². The fraction of sp³-hybridized carbons (Fsp3) is 0.545. The van der Waals surface area contributed by atoms with Crippen LogP contribution in [0.4, 0.5) is 0 Å². The van der Waals surface area contributed by atoms with Gasteiger partial charge in [0.1, 0.15) is 6.61 Å². The van der Waals surface area contributed by atoms with Crippen LogP contribution in [-0.4, -0.2) is 31.6 Å². The van der Waals surface area contributed by atoms with Crippen LogP contribution in [0.5, 0.6) is 0 Å². The fourth-order valence-corrected chi connectivity index (χ4v) is 2.32. The van der Waals surface area contributed by atoms with E-state index >= 15 is 0 Å². The van der Waals surface area contributed by atoms with E-state index in [1.54, 1.807) is 0 Å². The summed E-state index contributed by atoms with van der Waals surface area (Å²) in [5.41, 5.74) is 0. The number of hydrogen-bond donors (Lipinski definition) is 1. The molecule has 0 bridgehead atoms. The molecule has 0 amide bonds. The van der Waals surface area contributed by atoms with Gasteiger partial charge in [0, 0.05) is 6.54 Å². The molecule has 2 heterocycles. The van der Waals surface area contributed by atoms with Gasteiger partial charge >= 0.3 is 0 Å². The largest absolute Gasteiger partial charge is 0.369 e. The predicted molar refractivity (Wildman–Crippen MR) is 67.7 cm³/mol. The Morgan fingerprint density at radius 1 is 1.62 bits per heavy atom. The fourth-order valence-electron chi connectivity index (χ4n) is 1.66. The van der Waals surface area contributed by atoms with Crippen molar-refractivity contribution in [3.05, 3.63) is 22.4 Å². The molecule has 1 aliphatic heterocycles. The first kappa shape index (κ1) is 13.6. The van der Waals surface area contributed by atoms with Crippen LogP contribution in [0.2, 0.25) is 0 Å². The normalized spacial score (nSPS) is 20.1. The van der Waals surface area contributed by atoms with Crippen LogP contribution in [0, 0.1) is 0 Å². The van der Waals surface area contributed by atoms with E-state index in [1.165, 1.54) is 11.3 Å². The molecule has 0 radical (unpaired) electrons. The molecule has 3 nitrogen and oxygen atoms in total. The van der Waals surface area contributed by atoms with Crippen LogP contribution in [0.3, 0.4) is 0 Å². The van der Waals surface area contributed by atoms with Gasteiger partial charge < -0.3 is 10.1 Å². The van der Waals surface area contributed by atoms with Gasteiger partial charge in [0.2, 0.25) is 0 Å². The summed E-state index contributed by atoms with van der Waals surface area (Å²) in [6.45, 7) is 2.16. The van der Waals surface area contributed by atoms with Gasteiger partial charge in [-0.05, 0) is 30.8 Å². The monoisotopic (exact) mass is 261 g/mol. The summed E-state index contributed by atoms with van der Waals surface area (Å²) in [7, 11) is 0. The molecule has 0 spiro atoms. The number of ketones is 1. The van der Waals surface area contributed by atoms with Crippen LogP contribution in [0.1, 0.15) is 22.5 Å². The van der Waals surface area contributed by atoms with Gasteiger partial charge in [-0.3, -0.25) is 4.79 Å². The summed E-state index contributed by atoms with van der Waals surface area (Å²) >= 11 is 1.47. The highest BCUT2D eigenvalue weighted by Gasteiger charge is 2.15. The minimum atomic E-state index is 0. The van der Waals surface area contributed by atoms with Crippen molar-refractivity contribution in [3.8, 4) is 0 Å². The Hall–Kier alpha value is -0.420. The molecule has 1 fully saturated rings. The van der Waals surface area contributed by atoms with E-state index in [9.17, 15) is 4.79 Å². The molecule has 16 heavy (non-hydrogen) atoms. The summed E-state index contributed by atoms with van der Waals surface area (Å²) in [5.74, 6) is 0.0931. The first-order chi connectivity index (χ1) is 7.36. The summed E-state index contributed by atoms with van der Waals surface area (Å²) < 4.78 is 5.56. The van der Waals surface area contributed by atoms with Crippen molar-refractivity contribution in [3.63, 3.8) is 0 Å². The Morgan fingerprint density at radius 3 is 3.12 bits per heavy atom. The molecule has 1 atom stereocenters. The summed E-state index contributed by atoms with van der Waals surface area (Å²) in [6.07, 6.45) is 2.41. The average molecular weight is 262 g/mol. The number of hydrogen-bond acceptors (Lipinski definition) is 4.